The van der Waals surface area contributed by atoms with Crippen LogP contribution in [0.3, 0.4) is 0 Å². The molecule has 0 spiro atoms. The highest BCUT2D eigenvalue weighted by Gasteiger charge is 2.33. The fourth-order valence-electron chi connectivity index (χ4n) is 2.89. The Hall–Kier alpha value is -2.41. The number of ether oxygens (including phenoxy) is 1. The molecule has 122 valence electrons. The van der Waals surface area contributed by atoms with E-state index >= 15 is 0 Å². The van der Waals surface area contributed by atoms with E-state index in [1.165, 1.54) is 0 Å². The average Bonchev–Trinajstić information content (AvgIpc) is 3.22. The van der Waals surface area contributed by atoms with Gasteiger partial charge in [-0.2, -0.15) is 0 Å². The highest BCUT2D eigenvalue weighted by Crippen LogP contribution is 2.25. The van der Waals surface area contributed by atoms with Crippen molar-refractivity contribution < 1.29 is 9.53 Å². The summed E-state index contributed by atoms with van der Waals surface area (Å²) < 4.78 is 5.50. The number of nitrogens with one attached hydrogen (secondary N) is 2. The standard InChI is InChI=1S/C16H21N5O2/c1-11-6-15(20-10-19-11)21-9-13(23-2)7-12(21)8-18-16(22)14-4-3-5-17-14/h3-6,10,12-13,17H,7-9H2,1-2H3,(H,18,22)/t12-,13-/m0/s1. The minimum absolute atomic E-state index is 0.102. The van der Waals surface area contributed by atoms with Crippen molar-refractivity contribution in [3.05, 3.63) is 42.1 Å². The Morgan fingerprint density at radius 2 is 2.39 bits per heavy atom. The second kappa shape index (κ2) is 6.78. The Morgan fingerprint density at radius 3 is 3.09 bits per heavy atom. The van der Waals surface area contributed by atoms with Crippen LogP contribution in [0.5, 0.6) is 0 Å². The summed E-state index contributed by atoms with van der Waals surface area (Å²) >= 11 is 0. The number of methoxy groups -OCH3 is 1. The number of aromatic amines is 1. The molecule has 0 aromatic carbocycles. The smallest absolute Gasteiger partial charge is 0.267 e. The number of amides is 1. The number of anilines is 1. The van der Waals surface area contributed by atoms with Gasteiger partial charge in [0.2, 0.25) is 0 Å². The number of hydrogen-bond donors (Lipinski definition) is 2. The average molecular weight is 315 g/mol. The summed E-state index contributed by atoms with van der Waals surface area (Å²) in [6.45, 7) is 3.24. The van der Waals surface area contributed by atoms with Gasteiger partial charge in [-0.25, -0.2) is 9.97 Å². The van der Waals surface area contributed by atoms with E-state index in [1.807, 2.05) is 13.0 Å². The molecule has 1 fully saturated rings. The molecule has 7 nitrogen and oxygen atoms in total. The van der Waals surface area contributed by atoms with Gasteiger partial charge in [0.15, 0.2) is 0 Å². The van der Waals surface area contributed by atoms with Gasteiger partial charge in [-0.1, -0.05) is 0 Å². The summed E-state index contributed by atoms with van der Waals surface area (Å²) in [5, 5.41) is 2.98. The van der Waals surface area contributed by atoms with E-state index in [0.29, 0.717) is 12.2 Å². The van der Waals surface area contributed by atoms with Crippen LogP contribution in [-0.2, 0) is 4.74 Å². The lowest BCUT2D eigenvalue weighted by Gasteiger charge is -2.25. The van der Waals surface area contributed by atoms with E-state index in [2.05, 4.69) is 25.2 Å². The van der Waals surface area contributed by atoms with Crippen LogP contribution in [0.15, 0.2) is 30.7 Å². The molecule has 0 radical (unpaired) electrons. The lowest BCUT2D eigenvalue weighted by atomic mass is 10.2. The molecule has 23 heavy (non-hydrogen) atoms. The fraction of sp³-hybridized carbons (Fsp3) is 0.438. The van der Waals surface area contributed by atoms with Crippen LogP contribution in [0.1, 0.15) is 22.6 Å². The zero-order valence-electron chi connectivity index (χ0n) is 13.3. The van der Waals surface area contributed by atoms with Crippen molar-refractivity contribution in [3.63, 3.8) is 0 Å². The van der Waals surface area contributed by atoms with Gasteiger partial charge in [-0.3, -0.25) is 4.79 Å². The number of aryl methyl sites for hydroxylation is 1. The van der Waals surface area contributed by atoms with Gasteiger partial charge >= 0.3 is 0 Å². The quantitative estimate of drug-likeness (QED) is 0.864. The molecular weight excluding hydrogens is 294 g/mol. The maximum atomic E-state index is 12.1. The van der Waals surface area contributed by atoms with Crippen molar-refractivity contribution in [1.29, 1.82) is 0 Å². The van der Waals surface area contributed by atoms with Gasteiger partial charge in [-0.05, 0) is 25.5 Å². The molecule has 1 aliphatic rings. The molecule has 2 aromatic rings. The van der Waals surface area contributed by atoms with E-state index in [1.54, 1.807) is 31.8 Å². The number of carbonyl (C=O) groups excluding carboxylic acids is 1. The molecule has 2 aromatic heterocycles. The van der Waals surface area contributed by atoms with Crippen LogP contribution in [0, 0.1) is 6.92 Å². The van der Waals surface area contributed by atoms with Gasteiger partial charge in [0, 0.05) is 38.2 Å². The Labute approximate surface area is 135 Å². The number of H-pyrrole nitrogens is 1. The van der Waals surface area contributed by atoms with E-state index in [4.69, 9.17) is 4.74 Å². The lowest BCUT2D eigenvalue weighted by Crippen LogP contribution is -2.40. The molecule has 2 atom stereocenters. The maximum absolute atomic E-state index is 12.1. The molecule has 3 rings (SSSR count). The van der Waals surface area contributed by atoms with Crippen molar-refractivity contribution in [2.75, 3.05) is 25.1 Å². The molecule has 1 aliphatic heterocycles. The molecule has 0 unspecified atom stereocenters. The van der Waals surface area contributed by atoms with Crippen molar-refractivity contribution in [2.24, 2.45) is 0 Å². The molecule has 0 bridgehead atoms. The number of aromatic nitrogens is 3. The van der Waals surface area contributed by atoms with Gasteiger partial charge in [-0.15, -0.1) is 0 Å². The van der Waals surface area contributed by atoms with E-state index in [9.17, 15) is 4.79 Å². The van der Waals surface area contributed by atoms with Gasteiger partial charge < -0.3 is 19.9 Å². The number of hydrogen-bond acceptors (Lipinski definition) is 5. The first kappa shape index (κ1) is 15.5. The Kier molecular flexibility index (Phi) is 4.57. The number of carbonyl (C=O) groups is 1. The third-order valence-corrected chi connectivity index (χ3v) is 4.13. The molecule has 3 heterocycles. The Morgan fingerprint density at radius 1 is 1.52 bits per heavy atom. The summed E-state index contributed by atoms with van der Waals surface area (Å²) in [7, 11) is 1.72. The van der Waals surface area contributed by atoms with Crippen LogP contribution in [0.2, 0.25) is 0 Å². The molecule has 1 amide bonds. The minimum Gasteiger partial charge on any atom is -0.380 e. The first-order valence-corrected chi connectivity index (χ1v) is 7.67. The third-order valence-electron chi connectivity index (χ3n) is 4.13. The maximum Gasteiger partial charge on any atom is 0.267 e. The van der Waals surface area contributed by atoms with Crippen LogP contribution >= 0.6 is 0 Å². The second-order valence-electron chi connectivity index (χ2n) is 5.71. The molecule has 7 heteroatoms. The monoisotopic (exact) mass is 315 g/mol. The lowest BCUT2D eigenvalue weighted by molar-refractivity contribution is 0.0942. The molecule has 2 N–H and O–H groups in total. The van der Waals surface area contributed by atoms with E-state index in [0.717, 1.165) is 24.5 Å². The van der Waals surface area contributed by atoms with Crippen LogP contribution in [-0.4, -0.2) is 53.2 Å². The van der Waals surface area contributed by atoms with Crippen molar-refractivity contribution in [3.8, 4) is 0 Å². The van der Waals surface area contributed by atoms with Gasteiger partial charge in [0.1, 0.15) is 17.8 Å². The first-order chi connectivity index (χ1) is 11.2. The largest absolute Gasteiger partial charge is 0.380 e. The zero-order valence-corrected chi connectivity index (χ0v) is 13.3. The van der Waals surface area contributed by atoms with Crippen LogP contribution in [0.4, 0.5) is 5.82 Å². The molecular formula is C16H21N5O2. The summed E-state index contributed by atoms with van der Waals surface area (Å²) in [6, 6.07) is 5.67. The first-order valence-electron chi connectivity index (χ1n) is 7.67. The topological polar surface area (TPSA) is 83.1 Å². The van der Waals surface area contributed by atoms with E-state index in [-0.39, 0.29) is 18.1 Å². The molecule has 0 aliphatic carbocycles. The highest BCUT2D eigenvalue weighted by atomic mass is 16.5. The third kappa shape index (κ3) is 3.50. The Bertz CT molecular complexity index is 658. The van der Waals surface area contributed by atoms with Gasteiger partial charge in [0.25, 0.3) is 5.91 Å². The number of rotatable bonds is 5. The zero-order chi connectivity index (χ0) is 16.2. The van der Waals surface area contributed by atoms with Gasteiger partial charge in [0.05, 0.1) is 12.1 Å². The second-order valence-corrected chi connectivity index (χ2v) is 5.71. The predicted molar refractivity (Wildman–Crippen MR) is 86.4 cm³/mol. The summed E-state index contributed by atoms with van der Waals surface area (Å²) in [6.07, 6.45) is 4.29. The fourth-order valence-corrected chi connectivity index (χ4v) is 2.89. The van der Waals surface area contributed by atoms with Crippen LogP contribution in [0.25, 0.3) is 0 Å². The molecule has 1 saturated heterocycles. The summed E-state index contributed by atoms with van der Waals surface area (Å²) in [5.74, 6) is 0.769. The number of nitrogens with zero attached hydrogens (tertiary/aromatic N) is 3. The SMILES string of the molecule is CO[C@H]1C[C@@H](CNC(=O)c2ccc[nH]2)N(c2cc(C)ncn2)C1. The minimum atomic E-state index is -0.102. The normalized spacial score (nSPS) is 20.7. The summed E-state index contributed by atoms with van der Waals surface area (Å²) in [4.78, 5) is 25.7. The molecule has 0 saturated carbocycles. The van der Waals surface area contributed by atoms with Crippen molar-refractivity contribution >= 4 is 11.7 Å². The Balaban J connectivity index is 1.69. The van der Waals surface area contributed by atoms with Crippen LogP contribution < -0.4 is 10.2 Å². The van der Waals surface area contributed by atoms with Crippen molar-refractivity contribution in [2.45, 2.75) is 25.5 Å². The predicted octanol–water partition coefficient (Wildman–Crippen LogP) is 1.14. The van der Waals surface area contributed by atoms with Crippen molar-refractivity contribution in [1.82, 2.24) is 20.3 Å². The summed E-state index contributed by atoms with van der Waals surface area (Å²) in [5.41, 5.74) is 1.49. The van der Waals surface area contributed by atoms with E-state index < -0.39 is 0 Å². The highest BCUT2D eigenvalue weighted by molar-refractivity contribution is 5.92.